The standard InChI is InChI=1S/C33H41N3O2/c1-35-22-10-15-28(35)18-21-34-33(37)30-16-8-9-17-32(30)38-29-19-23-36(24-20-29)25-31(26-11-4-2-5-12-26)27-13-6-3-7-14-27/h2-9,11-14,16-17,28-29,31H,10,15,18-25H2,1H3,(H,34,37). The predicted molar refractivity (Wildman–Crippen MR) is 154 cm³/mol. The summed E-state index contributed by atoms with van der Waals surface area (Å²) in [6, 6.07) is 29.9. The highest BCUT2D eigenvalue weighted by molar-refractivity contribution is 5.96. The topological polar surface area (TPSA) is 44.8 Å². The van der Waals surface area contributed by atoms with Crippen LogP contribution >= 0.6 is 0 Å². The van der Waals surface area contributed by atoms with E-state index in [0.29, 0.717) is 29.8 Å². The lowest BCUT2D eigenvalue weighted by Crippen LogP contribution is -2.40. The van der Waals surface area contributed by atoms with E-state index in [1.54, 1.807) is 0 Å². The van der Waals surface area contributed by atoms with E-state index in [4.69, 9.17) is 4.74 Å². The van der Waals surface area contributed by atoms with Crippen LogP contribution in [0.4, 0.5) is 0 Å². The van der Waals surface area contributed by atoms with Crippen molar-refractivity contribution >= 4 is 5.91 Å². The number of likely N-dealkylation sites (tertiary alicyclic amines) is 2. The fraction of sp³-hybridized carbons (Fsp3) is 0.424. The van der Waals surface area contributed by atoms with E-state index in [0.717, 1.165) is 45.4 Å². The second-order valence-electron chi connectivity index (χ2n) is 10.8. The highest BCUT2D eigenvalue weighted by atomic mass is 16.5. The van der Waals surface area contributed by atoms with E-state index in [1.165, 1.54) is 24.0 Å². The maximum absolute atomic E-state index is 13.0. The molecule has 3 aromatic rings. The average molecular weight is 512 g/mol. The van der Waals surface area contributed by atoms with Crippen LogP contribution in [0.1, 0.15) is 59.5 Å². The van der Waals surface area contributed by atoms with Crippen molar-refractivity contribution in [2.45, 2.75) is 50.2 Å². The van der Waals surface area contributed by atoms with Gasteiger partial charge in [-0.1, -0.05) is 72.8 Å². The largest absolute Gasteiger partial charge is 0.489 e. The van der Waals surface area contributed by atoms with Gasteiger partial charge in [0.25, 0.3) is 5.91 Å². The zero-order chi connectivity index (χ0) is 26.2. The molecular formula is C33H41N3O2. The Labute approximate surface area is 227 Å². The molecular weight excluding hydrogens is 470 g/mol. The second kappa shape index (κ2) is 13.1. The smallest absolute Gasteiger partial charge is 0.255 e. The normalized spacial score (nSPS) is 19.1. The zero-order valence-electron chi connectivity index (χ0n) is 22.6. The molecule has 1 N–H and O–H groups in total. The fourth-order valence-electron chi connectivity index (χ4n) is 5.97. The van der Waals surface area contributed by atoms with Crippen LogP contribution in [-0.4, -0.2) is 67.6 Å². The molecule has 1 unspecified atom stereocenters. The summed E-state index contributed by atoms with van der Waals surface area (Å²) in [7, 11) is 2.18. The summed E-state index contributed by atoms with van der Waals surface area (Å²) in [5.74, 6) is 1.02. The number of carbonyl (C=O) groups is 1. The summed E-state index contributed by atoms with van der Waals surface area (Å²) in [6.07, 6.45) is 5.52. The van der Waals surface area contributed by atoms with Crippen molar-refractivity contribution in [3.8, 4) is 5.75 Å². The zero-order valence-corrected chi connectivity index (χ0v) is 22.6. The molecule has 0 bridgehead atoms. The molecule has 1 amide bonds. The molecule has 2 fully saturated rings. The molecule has 5 rings (SSSR count). The minimum Gasteiger partial charge on any atom is -0.489 e. The predicted octanol–water partition coefficient (Wildman–Crippen LogP) is 5.58. The van der Waals surface area contributed by atoms with Crippen molar-refractivity contribution in [2.75, 3.05) is 39.8 Å². The highest BCUT2D eigenvalue weighted by Gasteiger charge is 2.26. The molecule has 5 heteroatoms. The molecule has 0 spiro atoms. The third-order valence-electron chi connectivity index (χ3n) is 8.24. The molecule has 2 aliphatic heterocycles. The third-order valence-corrected chi connectivity index (χ3v) is 8.24. The Hall–Kier alpha value is -3.15. The van der Waals surface area contributed by atoms with Gasteiger partial charge in [-0.2, -0.15) is 0 Å². The van der Waals surface area contributed by atoms with Crippen LogP contribution in [0.25, 0.3) is 0 Å². The van der Waals surface area contributed by atoms with E-state index in [1.807, 2.05) is 24.3 Å². The average Bonchev–Trinajstić information content (AvgIpc) is 3.38. The lowest BCUT2D eigenvalue weighted by Gasteiger charge is -2.35. The van der Waals surface area contributed by atoms with Gasteiger partial charge in [-0.3, -0.25) is 4.79 Å². The number of piperidine rings is 1. The molecule has 0 aliphatic carbocycles. The monoisotopic (exact) mass is 511 g/mol. The lowest BCUT2D eigenvalue weighted by molar-refractivity contribution is 0.0898. The summed E-state index contributed by atoms with van der Waals surface area (Å²) >= 11 is 0. The number of hydrogen-bond acceptors (Lipinski definition) is 4. The number of hydrogen-bond donors (Lipinski definition) is 1. The molecule has 2 heterocycles. The fourth-order valence-corrected chi connectivity index (χ4v) is 5.97. The van der Waals surface area contributed by atoms with Gasteiger partial charge >= 0.3 is 0 Å². The summed E-state index contributed by atoms with van der Waals surface area (Å²) in [5, 5.41) is 3.13. The molecule has 2 aliphatic rings. The van der Waals surface area contributed by atoms with Crippen LogP contribution in [0.3, 0.4) is 0 Å². The Balaban J connectivity index is 1.15. The van der Waals surface area contributed by atoms with Crippen LogP contribution in [0.5, 0.6) is 5.75 Å². The van der Waals surface area contributed by atoms with Crippen molar-refractivity contribution < 1.29 is 9.53 Å². The SMILES string of the molecule is CN1CCCC1CCNC(=O)c1ccccc1OC1CCN(CC(c2ccccc2)c2ccccc2)CC1. The van der Waals surface area contributed by atoms with Crippen LogP contribution in [0.2, 0.25) is 0 Å². The minimum atomic E-state index is -0.0350. The Morgan fingerprint density at radius 2 is 1.50 bits per heavy atom. The molecule has 0 aromatic heterocycles. The van der Waals surface area contributed by atoms with Crippen molar-refractivity contribution in [3.05, 3.63) is 102 Å². The van der Waals surface area contributed by atoms with Gasteiger partial charge in [-0.05, 0) is 69.0 Å². The number of carbonyl (C=O) groups excluding carboxylic acids is 1. The summed E-state index contributed by atoms with van der Waals surface area (Å²) in [4.78, 5) is 18.0. The van der Waals surface area contributed by atoms with E-state index in [9.17, 15) is 4.79 Å². The first-order valence-electron chi connectivity index (χ1n) is 14.2. The first-order chi connectivity index (χ1) is 18.7. The van der Waals surface area contributed by atoms with Crippen LogP contribution in [0, 0.1) is 0 Å². The number of para-hydroxylation sites is 1. The maximum Gasteiger partial charge on any atom is 0.255 e. The molecule has 3 aromatic carbocycles. The number of rotatable bonds is 10. The van der Waals surface area contributed by atoms with Crippen LogP contribution < -0.4 is 10.1 Å². The Kier molecular flexibility index (Phi) is 9.11. The van der Waals surface area contributed by atoms with Gasteiger partial charge in [0, 0.05) is 38.1 Å². The minimum absolute atomic E-state index is 0.0350. The molecule has 1 atom stereocenters. The Bertz CT molecular complexity index is 1110. The second-order valence-corrected chi connectivity index (χ2v) is 10.8. The maximum atomic E-state index is 13.0. The van der Waals surface area contributed by atoms with Crippen molar-refractivity contribution in [1.29, 1.82) is 0 Å². The number of nitrogens with one attached hydrogen (secondary N) is 1. The first-order valence-corrected chi connectivity index (χ1v) is 14.2. The van der Waals surface area contributed by atoms with E-state index in [-0.39, 0.29) is 12.0 Å². The number of nitrogens with zero attached hydrogens (tertiary/aromatic N) is 2. The number of ether oxygens (including phenoxy) is 1. The Morgan fingerprint density at radius 1 is 0.868 bits per heavy atom. The third kappa shape index (κ3) is 6.83. The van der Waals surface area contributed by atoms with Gasteiger partial charge in [0.2, 0.25) is 0 Å². The highest BCUT2D eigenvalue weighted by Crippen LogP contribution is 2.28. The van der Waals surface area contributed by atoms with E-state index in [2.05, 4.69) is 82.8 Å². The Morgan fingerprint density at radius 3 is 2.13 bits per heavy atom. The van der Waals surface area contributed by atoms with E-state index >= 15 is 0 Å². The van der Waals surface area contributed by atoms with Gasteiger partial charge in [-0.15, -0.1) is 0 Å². The number of amides is 1. The quantitative estimate of drug-likeness (QED) is 0.386. The van der Waals surface area contributed by atoms with Gasteiger partial charge in [0.15, 0.2) is 0 Å². The molecule has 0 radical (unpaired) electrons. The summed E-state index contributed by atoms with van der Waals surface area (Å²) < 4.78 is 6.43. The molecule has 38 heavy (non-hydrogen) atoms. The van der Waals surface area contributed by atoms with Gasteiger partial charge in [0.1, 0.15) is 11.9 Å². The molecule has 200 valence electrons. The van der Waals surface area contributed by atoms with Gasteiger partial charge < -0.3 is 19.9 Å². The lowest BCUT2D eigenvalue weighted by atomic mass is 9.90. The number of benzene rings is 3. The van der Waals surface area contributed by atoms with E-state index < -0.39 is 0 Å². The first kappa shape index (κ1) is 26.5. The van der Waals surface area contributed by atoms with Gasteiger partial charge in [-0.25, -0.2) is 0 Å². The summed E-state index contributed by atoms with van der Waals surface area (Å²) in [6.45, 7) is 4.84. The molecule has 5 nitrogen and oxygen atoms in total. The van der Waals surface area contributed by atoms with Crippen molar-refractivity contribution in [2.24, 2.45) is 0 Å². The molecule has 2 saturated heterocycles. The van der Waals surface area contributed by atoms with Gasteiger partial charge in [0.05, 0.1) is 5.56 Å². The van der Waals surface area contributed by atoms with Crippen LogP contribution in [-0.2, 0) is 0 Å². The van der Waals surface area contributed by atoms with Crippen molar-refractivity contribution in [1.82, 2.24) is 15.1 Å². The summed E-state index contributed by atoms with van der Waals surface area (Å²) in [5.41, 5.74) is 3.36. The van der Waals surface area contributed by atoms with Crippen LogP contribution in [0.15, 0.2) is 84.9 Å². The van der Waals surface area contributed by atoms with Crippen molar-refractivity contribution in [3.63, 3.8) is 0 Å². The molecule has 0 saturated carbocycles.